The van der Waals surface area contributed by atoms with E-state index in [9.17, 15) is 9.59 Å². The van der Waals surface area contributed by atoms with Crippen LogP contribution in [0.2, 0.25) is 0 Å². The molecule has 0 saturated heterocycles. The predicted octanol–water partition coefficient (Wildman–Crippen LogP) is 1.51. The van der Waals surface area contributed by atoms with E-state index in [4.69, 9.17) is 22.4 Å². The molecule has 1 aromatic carbocycles. The molecule has 2 amide bonds. The van der Waals surface area contributed by atoms with Gasteiger partial charge in [0.1, 0.15) is 0 Å². The second-order valence-corrected chi connectivity index (χ2v) is 4.20. The fraction of sp³-hybridized carbons (Fsp3) is 0. The van der Waals surface area contributed by atoms with Crippen molar-refractivity contribution in [2.24, 2.45) is 5.73 Å². The minimum Gasteiger partial charge on any atom is -0.459 e. The van der Waals surface area contributed by atoms with Crippen LogP contribution in [0.1, 0.15) is 20.9 Å². The van der Waals surface area contributed by atoms with Crippen molar-refractivity contribution >= 4 is 34.8 Å². The fourth-order valence-electron chi connectivity index (χ4n) is 1.53. The van der Waals surface area contributed by atoms with Gasteiger partial charge in [0.05, 0.1) is 17.5 Å². The Morgan fingerprint density at radius 3 is 2.55 bits per heavy atom. The summed E-state index contributed by atoms with van der Waals surface area (Å²) >= 11 is 5.00. The lowest BCUT2D eigenvalue weighted by atomic mass is 10.1. The Morgan fingerprint density at radius 2 is 1.90 bits per heavy atom. The van der Waals surface area contributed by atoms with E-state index in [2.05, 4.69) is 10.6 Å². The largest absolute Gasteiger partial charge is 0.459 e. The van der Waals surface area contributed by atoms with Gasteiger partial charge in [0.25, 0.3) is 11.8 Å². The number of carbonyl (C=O) groups is 2. The number of hydrogen-bond acceptors (Lipinski definition) is 4. The van der Waals surface area contributed by atoms with E-state index in [0.717, 1.165) is 0 Å². The van der Waals surface area contributed by atoms with Gasteiger partial charge in [-0.3, -0.25) is 14.9 Å². The maximum absolute atomic E-state index is 11.7. The molecular weight excluding hydrogens is 278 g/mol. The molecule has 0 unspecified atom stereocenters. The molecule has 0 fully saturated rings. The Labute approximate surface area is 119 Å². The average molecular weight is 289 g/mol. The summed E-state index contributed by atoms with van der Waals surface area (Å²) in [7, 11) is 0. The molecule has 1 aromatic heterocycles. The highest BCUT2D eigenvalue weighted by atomic mass is 32.1. The second-order valence-electron chi connectivity index (χ2n) is 3.80. The van der Waals surface area contributed by atoms with Gasteiger partial charge in [-0.2, -0.15) is 0 Å². The molecule has 0 aliphatic heterocycles. The number of carbonyl (C=O) groups excluding carboxylic acids is 2. The predicted molar refractivity (Wildman–Crippen MR) is 77.4 cm³/mol. The van der Waals surface area contributed by atoms with Crippen molar-refractivity contribution in [3.8, 4) is 0 Å². The highest BCUT2D eigenvalue weighted by Gasteiger charge is 2.12. The van der Waals surface area contributed by atoms with Crippen molar-refractivity contribution in [1.29, 1.82) is 0 Å². The van der Waals surface area contributed by atoms with Crippen LogP contribution in [0, 0.1) is 0 Å². The normalized spacial score (nSPS) is 9.80. The van der Waals surface area contributed by atoms with E-state index in [1.165, 1.54) is 12.3 Å². The van der Waals surface area contributed by atoms with Gasteiger partial charge in [-0.05, 0) is 36.5 Å². The number of nitrogens with two attached hydrogens (primary N) is 1. The highest BCUT2D eigenvalue weighted by Crippen LogP contribution is 2.14. The molecule has 6 nitrogen and oxygen atoms in total. The molecule has 0 aliphatic carbocycles. The molecule has 0 spiro atoms. The third-order valence-electron chi connectivity index (χ3n) is 2.41. The number of hydrogen-bond donors (Lipinski definition) is 3. The van der Waals surface area contributed by atoms with Crippen LogP contribution in [0.3, 0.4) is 0 Å². The first-order valence-electron chi connectivity index (χ1n) is 5.62. The van der Waals surface area contributed by atoms with Gasteiger partial charge in [-0.15, -0.1) is 0 Å². The number of primary amides is 1. The number of thiocarbonyl (C=S) groups is 1. The molecule has 2 aromatic rings. The SMILES string of the molecule is NC(=O)c1ccccc1NC(=S)NC(=O)c1ccco1. The number of rotatable bonds is 3. The van der Waals surface area contributed by atoms with E-state index in [1.54, 1.807) is 30.3 Å². The number of amides is 2. The maximum Gasteiger partial charge on any atom is 0.293 e. The van der Waals surface area contributed by atoms with E-state index in [-0.39, 0.29) is 16.4 Å². The molecule has 0 aliphatic rings. The zero-order valence-corrected chi connectivity index (χ0v) is 11.1. The van der Waals surface area contributed by atoms with E-state index < -0.39 is 11.8 Å². The molecule has 102 valence electrons. The average Bonchev–Trinajstić information content (AvgIpc) is 2.92. The first kappa shape index (κ1) is 13.8. The first-order valence-corrected chi connectivity index (χ1v) is 6.03. The van der Waals surface area contributed by atoms with Crippen molar-refractivity contribution < 1.29 is 14.0 Å². The third kappa shape index (κ3) is 3.21. The standard InChI is InChI=1S/C13H11N3O3S/c14-11(17)8-4-1-2-5-9(8)15-13(20)16-12(18)10-6-3-7-19-10/h1-7H,(H2,14,17)(H2,15,16,18,20). The number of furan rings is 1. The molecule has 1 heterocycles. The van der Waals surface area contributed by atoms with Crippen molar-refractivity contribution in [3.63, 3.8) is 0 Å². The van der Waals surface area contributed by atoms with Gasteiger partial charge in [-0.25, -0.2) is 0 Å². The number of para-hydroxylation sites is 1. The summed E-state index contributed by atoms with van der Waals surface area (Å²) in [6, 6.07) is 9.68. The summed E-state index contributed by atoms with van der Waals surface area (Å²) < 4.78 is 4.93. The Hall–Kier alpha value is -2.67. The van der Waals surface area contributed by atoms with Gasteiger partial charge in [0.2, 0.25) is 0 Å². The Kier molecular flexibility index (Phi) is 4.11. The molecule has 0 bridgehead atoms. The number of benzene rings is 1. The van der Waals surface area contributed by atoms with Gasteiger partial charge in [0, 0.05) is 0 Å². The number of anilines is 1. The molecule has 4 N–H and O–H groups in total. The van der Waals surface area contributed by atoms with Crippen LogP contribution in [0.25, 0.3) is 0 Å². The van der Waals surface area contributed by atoms with Gasteiger partial charge >= 0.3 is 0 Å². The zero-order chi connectivity index (χ0) is 14.5. The van der Waals surface area contributed by atoms with Crippen LogP contribution in [0.15, 0.2) is 47.1 Å². The minimum atomic E-state index is -0.590. The highest BCUT2D eigenvalue weighted by molar-refractivity contribution is 7.80. The topological polar surface area (TPSA) is 97.4 Å². The zero-order valence-electron chi connectivity index (χ0n) is 10.3. The quantitative estimate of drug-likeness (QED) is 0.744. The summed E-state index contributed by atoms with van der Waals surface area (Å²) in [5, 5.41) is 5.22. The summed E-state index contributed by atoms with van der Waals surface area (Å²) in [4.78, 5) is 23.0. The van der Waals surface area contributed by atoms with Crippen LogP contribution in [-0.4, -0.2) is 16.9 Å². The summed E-state index contributed by atoms with van der Waals surface area (Å²) in [5.41, 5.74) is 5.94. The fourth-order valence-corrected chi connectivity index (χ4v) is 1.74. The van der Waals surface area contributed by atoms with E-state index in [0.29, 0.717) is 5.69 Å². The van der Waals surface area contributed by atoms with Crippen molar-refractivity contribution in [2.75, 3.05) is 5.32 Å². The van der Waals surface area contributed by atoms with Crippen molar-refractivity contribution in [3.05, 3.63) is 54.0 Å². The van der Waals surface area contributed by atoms with Crippen LogP contribution >= 0.6 is 12.2 Å². The minimum absolute atomic E-state index is 0.0418. The van der Waals surface area contributed by atoms with Crippen molar-refractivity contribution in [1.82, 2.24) is 5.32 Å². The summed E-state index contributed by atoms with van der Waals surface area (Å²) in [5.74, 6) is -0.936. The smallest absolute Gasteiger partial charge is 0.293 e. The lowest BCUT2D eigenvalue weighted by Gasteiger charge is -2.11. The maximum atomic E-state index is 11.7. The molecule has 0 saturated carbocycles. The molecule has 2 rings (SSSR count). The molecule has 0 atom stereocenters. The van der Waals surface area contributed by atoms with E-state index >= 15 is 0 Å². The van der Waals surface area contributed by atoms with Crippen LogP contribution in [0.5, 0.6) is 0 Å². The van der Waals surface area contributed by atoms with Crippen molar-refractivity contribution in [2.45, 2.75) is 0 Å². The summed E-state index contributed by atoms with van der Waals surface area (Å²) in [6.07, 6.45) is 1.38. The number of nitrogens with one attached hydrogen (secondary N) is 2. The Morgan fingerprint density at radius 1 is 1.15 bits per heavy atom. The van der Waals surface area contributed by atoms with E-state index in [1.807, 2.05) is 0 Å². The Bertz CT molecular complexity index is 653. The van der Waals surface area contributed by atoms with Crippen LogP contribution in [0.4, 0.5) is 5.69 Å². The first-order chi connectivity index (χ1) is 9.58. The Balaban J connectivity index is 2.05. The third-order valence-corrected chi connectivity index (χ3v) is 2.62. The van der Waals surface area contributed by atoms with Gasteiger partial charge in [-0.1, -0.05) is 12.1 Å². The van der Waals surface area contributed by atoms with Crippen LogP contribution < -0.4 is 16.4 Å². The van der Waals surface area contributed by atoms with Gasteiger partial charge in [0.15, 0.2) is 10.9 Å². The molecular formula is C13H11N3O3S. The van der Waals surface area contributed by atoms with Crippen LogP contribution in [-0.2, 0) is 0 Å². The second kappa shape index (κ2) is 5.98. The lowest BCUT2D eigenvalue weighted by Crippen LogP contribution is -2.34. The summed E-state index contributed by atoms with van der Waals surface area (Å²) in [6.45, 7) is 0. The lowest BCUT2D eigenvalue weighted by molar-refractivity contribution is 0.0949. The van der Waals surface area contributed by atoms with Gasteiger partial charge < -0.3 is 15.5 Å². The molecule has 20 heavy (non-hydrogen) atoms. The molecule has 7 heteroatoms. The monoisotopic (exact) mass is 289 g/mol. The molecule has 0 radical (unpaired) electrons.